The Kier molecular flexibility index (Phi) is 2.95. The van der Waals surface area contributed by atoms with Crippen LogP contribution in [0.25, 0.3) is 0 Å². The summed E-state index contributed by atoms with van der Waals surface area (Å²) in [4.78, 5) is 10.8. The summed E-state index contributed by atoms with van der Waals surface area (Å²) >= 11 is 0. The molecule has 0 radical (unpaired) electrons. The molecule has 1 fully saturated rings. The molecule has 1 atom stereocenters. The zero-order chi connectivity index (χ0) is 12.6. The van der Waals surface area contributed by atoms with Crippen molar-refractivity contribution >= 4 is 11.8 Å². The van der Waals surface area contributed by atoms with Crippen LogP contribution in [0.1, 0.15) is 32.9 Å². The van der Waals surface area contributed by atoms with Crippen molar-refractivity contribution < 1.29 is 0 Å². The van der Waals surface area contributed by atoms with Gasteiger partial charge in [-0.15, -0.1) is 0 Å². The van der Waals surface area contributed by atoms with Gasteiger partial charge in [0.05, 0.1) is 5.69 Å². The van der Waals surface area contributed by atoms with E-state index in [0.717, 1.165) is 31.0 Å². The van der Waals surface area contributed by atoms with Crippen LogP contribution in [-0.4, -0.2) is 29.1 Å². The number of hydrogen-bond donors (Lipinski definition) is 2. The lowest BCUT2D eigenvalue weighted by Gasteiger charge is -2.22. The average Bonchev–Trinajstić information content (AvgIpc) is 2.62. The molecular formula is C12H21N5. The standard InChI is InChI=1S/C12H21N5/c1-12(2,3)9-6-10(16-11(14)15-9)17-5-4-8(13)7-17/h6,8H,4-5,7,13H2,1-3H3,(H2,14,15,16). The maximum absolute atomic E-state index is 5.91. The van der Waals surface area contributed by atoms with Crippen molar-refractivity contribution in [2.24, 2.45) is 5.73 Å². The molecule has 1 aliphatic heterocycles. The Hall–Kier alpha value is -1.36. The van der Waals surface area contributed by atoms with Crippen LogP contribution in [0.15, 0.2) is 6.07 Å². The minimum absolute atomic E-state index is 0.0202. The van der Waals surface area contributed by atoms with Crippen LogP contribution in [0.5, 0.6) is 0 Å². The summed E-state index contributed by atoms with van der Waals surface area (Å²) in [6.45, 7) is 8.15. The minimum atomic E-state index is -0.0202. The molecule has 1 aliphatic rings. The quantitative estimate of drug-likeness (QED) is 0.755. The largest absolute Gasteiger partial charge is 0.368 e. The van der Waals surface area contributed by atoms with Gasteiger partial charge in [-0.2, -0.15) is 4.98 Å². The molecule has 94 valence electrons. The summed E-state index contributed by atoms with van der Waals surface area (Å²) in [7, 11) is 0. The van der Waals surface area contributed by atoms with Crippen molar-refractivity contribution in [1.82, 2.24) is 9.97 Å². The van der Waals surface area contributed by atoms with Gasteiger partial charge in [0, 0.05) is 30.6 Å². The SMILES string of the molecule is CC(C)(C)c1cc(N2CCC(N)C2)nc(N)n1. The van der Waals surface area contributed by atoms with Crippen LogP contribution in [0, 0.1) is 0 Å². The molecule has 0 aromatic carbocycles. The van der Waals surface area contributed by atoms with Gasteiger partial charge in [-0.25, -0.2) is 4.98 Å². The van der Waals surface area contributed by atoms with Crippen LogP contribution in [0.3, 0.4) is 0 Å². The Morgan fingerprint density at radius 2 is 2.06 bits per heavy atom. The second-order valence-electron chi connectivity index (χ2n) is 5.71. The molecule has 4 N–H and O–H groups in total. The number of anilines is 2. The van der Waals surface area contributed by atoms with E-state index in [1.165, 1.54) is 0 Å². The molecule has 1 unspecified atom stereocenters. The Bertz CT molecular complexity index is 410. The molecule has 0 bridgehead atoms. The topological polar surface area (TPSA) is 81.1 Å². The molecule has 0 aliphatic carbocycles. The van der Waals surface area contributed by atoms with Crippen molar-refractivity contribution in [1.29, 1.82) is 0 Å². The summed E-state index contributed by atoms with van der Waals surface area (Å²) < 4.78 is 0. The predicted molar refractivity (Wildman–Crippen MR) is 69.9 cm³/mol. The Morgan fingerprint density at radius 1 is 1.35 bits per heavy atom. The number of rotatable bonds is 1. The molecule has 0 saturated carbocycles. The molecule has 1 saturated heterocycles. The molecule has 5 nitrogen and oxygen atoms in total. The second kappa shape index (κ2) is 4.14. The fourth-order valence-corrected chi connectivity index (χ4v) is 1.99. The van der Waals surface area contributed by atoms with Gasteiger partial charge >= 0.3 is 0 Å². The first-order valence-electron chi connectivity index (χ1n) is 6.02. The van der Waals surface area contributed by atoms with Crippen LogP contribution < -0.4 is 16.4 Å². The number of nitrogens with two attached hydrogens (primary N) is 2. The number of aromatic nitrogens is 2. The predicted octanol–water partition coefficient (Wildman–Crippen LogP) is 0.894. The Labute approximate surface area is 102 Å². The fraction of sp³-hybridized carbons (Fsp3) is 0.667. The average molecular weight is 235 g/mol. The maximum Gasteiger partial charge on any atom is 0.222 e. The summed E-state index contributed by atoms with van der Waals surface area (Å²) in [5.74, 6) is 1.24. The monoisotopic (exact) mass is 235 g/mol. The van der Waals surface area contributed by atoms with Crippen LogP contribution in [-0.2, 0) is 5.41 Å². The van der Waals surface area contributed by atoms with Crippen molar-refractivity contribution in [2.75, 3.05) is 23.7 Å². The van der Waals surface area contributed by atoms with Gasteiger partial charge in [0.15, 0.2) is 0 Å². The molecule has 1 aromatic heterocycles. The molecule has 2 rings (SSSR count). The lowest BCUT2D eigenvalue weighted by molar-refractivity contribution is 0.568. The number of hydrogen-bond acceptors (Lipinski definition) is 5. The lowest BCUT2D eigenvalue weighted by atomic mass is 9.92. The first-order valence-corrected chi connectivity index (χ1v) is 6.02. The van der Waals surface area contributed by atoms with Crippen molar-refractivity contribution in [3.8, 4) is 0 Å². The highest BCUT2D eigenvalue weighted by atomic mass is 15.2. The van der Waals surface area contributed by atoms with E-state index in [1.807, 2.05) is 6.07 Å². The molecule has 0 amide bonds. The van der Waals surface area contributed by atoms with E-state index in [2.05, 4.69) is 35.6 Å². The molecule has 2 heterocycles. The molecule has 1 aromatic rings. The normalized spacial score (nSPS) is 20.9. The van der Waals surface area contributed by atoms with Gasteiger partial charge in [-0.1, -0.05) is 20.8 Å². The summed E-state index contributed by atoms with van der Waals surface area (Å²) in [5, 5.41) is 0. The molecular weight excluding hydrogens is 214 g/mol. The highest BCUT2D eigenvalue weighted by Gasteiger charge is 2.23. The smallest absolute Gasteiger partial charge is 0.222 e. The van der Waals surface area contributed by atoms with Gasteiger partial charge in [0.1, 0.15) is 5.82 Å². The second-order valence-corrected chi connectivity index (χ2v) is 5.71. The van der Waals surface area contributed by atoms with E-state index in [4.69, 9.17) is 11.5 Å². The van der Waals surface area contributed by atoms with Crippen molar-refractivity contribution in [3.05, 3.63) is 11.8 Å². The van der Waals surface area contributed by atoms with Crippen LogP contribution >= 0.6 is 0 Å². The van der Waals surface area contributed by atoms with Gasteiger partial charge in [-0.3, -0.25) is 0 Å². The summed E-state index contributed by atoms with van der Waals surface area (Å²) in [6.07, 6.45) is 1.01. The van der Waals surface area contributed by atoms with E-state index in [-0.39, 0.29) is 11.5 Å². The summed E-state index contributed by atoms with van der Waals surface area (Å²) in [5.41, 5.74) is 12.6. The van der Waals surface area contributed by atoms with E-state index < -0.39 is 0 Å². The molecule has 17 heavy (non-hydrogen) atoms. The molecule has 0 spiro atoms. The fourth-order valence-electron chi connectivity index (χ4n) is 1.99. The van der Waals surface area contributed by atoms with Crippen molar-refractivity contribution in [3.63, 3.8) is 0 Å². The zero-order valence-corrected chi connectivity index (χ0v) is 10.8. The van der Waals surface area contributed by atoms with E-state index in [1.54, 1.807) is 0 Å². The maximum atomic E-state index is 5.91. The van der Waals surface area contributed by atoms with E-state index >= 15 is 0 Å². The highest BCUT2D eigenvalue weighted by molar-refractivity contribution is 5.46. The molecule has 5 heteroatoms. The lowest BCUT2D eigenvalue weighted by Crippen LogP contribution is -2.28. The van der Waals surface area contributed by atoms with Crippen molar-refractivity contribution in [2.45, 2.75) is 38.6 Å². The Morgan fingerprint density at radius 3 is 2.59 bits per heavy atom. The number of nitrogen functional groups attached to an aromatic ring is 1. The van der Waals surface area contributed by atoms with E-state index in [9.17, 15) is 0 Å². The third-order valence-electron chi connectivity index (χ3n) is 3.05. The van der Waals surface area contributed by atoms with Gasteiger partial charge in [-0.05, 0) is 6.42 Å². The van der Waals surface area contributed by atoms with Crippen LogP contribution in [0.2, 0.25) is 0 Å². The minimum Gasteiger partial charge on any atom is -0.368 e. The van der Waals surface area contributed by atoms with Gasteiger partial charge in [0.25, 0.3) is 0 Å². The highest BCUT2D eigenvalue weighted by Crippen LogP contribution is 2.25. The Balaban J connectivity index is 2.32. The first-order chi connectivity index (χ1) is 7.86. The first kappa shape index (κ1) is 12.1. The van der Waals surface area contributed by atoms with Crippen LogP contribution in [0.4, 0.5) is 11.8 Å². The van der Waals surface area contributed by atoms with E-state index in [0.29, 0.717) is 5.95 Å². The third kappa shape index (κ3) is 2.66. The number of nitrogens with zero attached hydrogens (tertiary/aromatic N) is 3. The third-order valence-corrected chi connectivity index (χ3v) is 3.05. The zero-order valence-electron chi connectivity index (χ0n) is 10.8. The van der Waals surface area contributed by atoms with Gasteiger partial charge < -0.3 is 16.4 Å². The summed E-state index contributed by atoms with van der Waals surface area (Å²) in [6, 6.07) is 2.26. The van der Waals surface area contributed by atoms with Gasteiger partial charge in [0.2, 0.25) is 5.95 Å².